The third-order valence-corrected chi connectivity index (χ3v) is 4.28. The van der Waals surface area contributed by atoms with Gasteiger partial charge >= 0.3 is 5.97 Å². The zero-order valence-corrected chi connectivity index (χ0v) is 15.2. The predicted octanol–water partition coefficient (Wildman–Crippen LogP) is 3.07. The summed E-state index contributed by atoms with van der Waals surface area (Å²) in [6, 6.07) is 6.63. The molecule has 0 atom stereocenters. The number of pyridine rings is 1. The molecule has 3 rings (SSSR count). The number of amides is 1. The molecule has 1 heterocycles. The lowest BCUT2D eigenvalue weighted by Crippen LogP contribution is -2.15. The van der Waals surface area contributed by atoms with Crippen molar-refractivity contribution in [3.05, 3.63) is 47.3 Å². The first-order valence-electron chi connectivity index (χ1n) is 8.97. The summed E-state index contributed by atoms with van der Waals surface area (Å²) in [7, 11) is 0. The average Bonchev–Trinajstić information content (AvgIpc) is 2.67. The van der Waals surface area contributed by atoms with Gasteiger partial charge in [-0.25, -0.2) is 4.79 Å². The maximum atomic E-state index is 12.6. The van der Waals surface area contributed by atoms with Gasteiger partial charge in [0.1, 0.15) is 0 Å². The lowest BCUT2D eigenvalue weighted by molar-refractivity contribution is -0.139. The summed E-state index contributed by atoms with van der Waals surface area (Å²) < 4.78 is 10.7. The van der Waals surface area contributed by atoms with Gasteiger partial charge in [0, 0.05) is 11.3 Å². The third-order valence-electron chi connectivity index (χ3n) is 4.28. The van der Waals surface area contributed by atoms with E-state index in [-0.39, 0.29) is 11.7 Å². The Labute approximate surface area is 157 Å². The summed E-state index contributed by atoms with van der Waals surface area (Å²) in [5, 5.41) is 11.6. The molecule has 7 nitrogen and oxygen atoms in total. The van der Waals surface area contributed by atoms with Gasteiger partial charge in [-0.3, -0.25) is 9.78 Å². The number of carbonyl (C=O) groups excluding carboxylic acids is 1. The van der Waals surface area contributed by atoms with Gasteiger partial charge in [0.15, 0.2) is 18.1 Å². The minimum absolute atomic E-state index is 0.284. The van der Waals surface area contributed by atoms with Crippen LogP contribution in [0, 0.1) is 0 Å². The maximum Gasteiger partial charge on any atom is 0.341 e. The Hall–Kier alpha value is -3.09. The Bertz CT molecular complexity index is 850. The Morgan fingerprint density at radius 1 is 1.15 bits per heavy atom. The molecule has 0 unspecified atom stereocenters. The SMILES string of the molecule is CCOc1cc(C(=O)Nc2cnc3c(c2)CCCC3)ccc1OCC(=O)O. The van der Waals surface area contributed by atoms with Crippen LogP contribution in [0.5, 0.6) is 11.5 Å². The molecule has 0 radical (unpaired) electrons. The number of aryl methyl sites for hydroxylation is 2. The fourth-order valence-corrected chi connectivity index (χ4v) is 3.04. The molecule has 27 heavy (non-hydrogen) atoms. The molecule has 0 aliphatic heterocycles. The number of aromatic nitrogens is 1. The highest BCUT2D eigenvalue weighted by atomic mass is 16.5. The van der Waals surface area contributed by atoms with Crippen molar-refractivity contribution < 1.29 is 24.2 Å². The van der Waals surface area contributed by atoms with Gasteiger partial charge in [-0.2, -0.15) is 0 Å². The summed E-state index contributed by atoms with van der Waals surface area (Å²) >= 11 is 0. The fraction of sp³-hybridized carbons (Fsp3) is 0.350. The van der Waals surface area contributed by atoms with Crippen LogP contribution in [0.15, 0.2) is 30.5 Å². The number of fused-ring (bicyclic) bond motifs is 1. The second kappa shape index (κ2) is 8.53. The molecular formula is C20H22N2O5. The fourth-order valence-electron chi connectivity index (χ4n) is 3.04. The highest BCUT2D eigenvalue weighted by molar-refractivity contribution is 6.04. The molecule has 0 saturated heterocycles. The number of rotatable bonds is 7. The number of nitrogens with one attached hydrogen (secondary N) is 1. The Morgan fingerprint density at radius 3 is 2.74 bits per heavy atom. The Morgan fingerprint density at radius 2 is 1.96 bits per heavy atom. The summed E-state index contributed by atoms with van der Waals surface area (Å²) in [6.07, 6.45) is 5.94. The molecular weight excluding hydrogens is 348 g/mol. The van der Waals surface area contributed by atoms with Gasteiger partial charge < -0.3 is 19.9 Å². The van der Waals surface area contributed by atoms with Crippen LogP contribution < -0.4 is 14.8 Å². The molecule has 0 saturated carbocycles. The van der Waals surface area contributed by atoms with Crippen molar-refractivity contribution in [2.75, 3.05) is 18.5 Å². The van der Waals surface area contributed by atoms with Crippen LogP contribution in [-0.4, -0.2) is 35.2 Å². The van der Waals surface area contributed by atoms with Crippen LogP contribution in [0.4, 0.5) is 5.69 Å². The largest absolute Gasteiger partial charge is 0.490 e. The molecule has 2 aromatic rings. The van der Waals surface area contributed by atoms with Crippen molar-refractivity contribution in [2.24, 2.45) is 0 Å². The normalized spacial score (nSPS) is 12.8. The van der Waals surface area contributed by atoms with Crippen LogP contribution in [0.1, 0.15) is 41.4 Å². The molecule has 142 valence electrons. The van der Waals surface area contributed by atoms with Crippen molar-refractivity contribution in [1.82, 2.24) is 4.98 Å². The Balaban J connectivity index is 1.75. The first-order valence-corrected chi connectivity index (χ1v) is 8.97. The quantitative estimate of drug-likeness (QED) is 0.777. The number of benzene rings is 1. The first kappa shape index (κ1) is 18.7. The molecule has 1 amide bonds. The number of hydrogen-bond acceptors (Lipinski definition) is 5. The van der Waals surface area contributed by atoms with E-state index in [2.05, 4.69) is 10.3 Å². The molecule has 2 N–H and O–H groups in total. The number of carboxylic acids is 1. The van der Waals surface area contributed by atoms with E-state index in [1.807, 2.05) is 6.07 Å². The first-order chi connectivity index (χ1) is 13.1. The number of carboxylic acid groups (broad SMARTS) is 1. The summed E-state index contributed by atoms with van der Waals surface area (Å²) in [5.74, 6) is -0.765. The van der Waals surface area contributed by atoms with Crippen LogP contribution in [-0.2, 0) is 17.6 Å². The number of hydrogen-bond donors (Lipinski definition) is 2. The summed E-state index contributed by atoms with van der Waals surface area (Å²) in [6.45, 7) is 1.68. The van der Waals surface area contributed by atoms with E-state index in [9.17, 15) is 9.59 Å². The van der Waals surface area contributed by atoms with E-state index in [1.165, 1.54) is 11.6 Å². The molecule has 1 aliphatic carbocycles. The molecule has 1 aromatic carbocycles. The monoisotopic (exact) mass is 370 g/mol. The van der Waals surface area contributed by atoms with Crippen molar-refractivity contribution in [3.8, 4) is 11.5 Å². The highest BCUT2D eigenvalue weighted by Gasteiger charge is 2.15. The molecule has 0 spiro atoms. The zero-order valence-electron chi connectivity index (χ0n) is 15.2. The minimum Gasteiger partial charge on any atom is -0.490 e. The van der Waals surface area contributed by atoms with Gasteiger partial charge in [0.2, 0.25) is 0 Å². The van der Waals surface area contributed by atoms with E-state index in [0.717, 1.165) is 31.4 Å². The van der Waals surface area contributed by atoms with Gasteiger partial charge in [-0.05, 0) is 62.4 Å². The van der Waals surface area contributed by atoms with Gasteiger partial charge in [0.25, 0.3) is 5.91 Å². The van der Waals surface area contributed by atoms with Gasteiger partial charge in [-0.1, -0.05) is 0 Å². The highest BCUT2D eigenvalue weighted by Crippen LogP contribution is 2.29. The van der Waals surface area contributed by atoms with Crippen molar-refractivity contribution in [3.63, 3.8) is 0 Å². The second-order valence-corrected chi connectivity index (χ2v) is 6.27. The van der Waals surface area contributed by atoms with E-state index in [1.54, 1.807) is 25.3 Å². The number of ether oxygens (including phenoxy) is 2. The lowest BCUT2D eigenvalue weighted by Gasteiger charge is -2.16. The molecule has 0 bridgehead atoms. The lowest BCUT2D eigenvalue weighted by atomic mass is 9.96. The summed E-state index contributed by atoms with van der Waals surface area (Å²) in [4.78, 5) is 27.7. The zero-order chi connectivity index (χ0) is 19.2. The molecule has 7 heteroatoms. The predicted molar refractivity (Wildman–Crippen MR) is 99.6 cm³/mol. The topological polar surface area (TPSA) is 97.8 Å². The van der Waals surface area contributed by atoms with Crippen LogP contribution in [0.2, 0.25) is 0 Å². The van der Waals surface area contributed by atoms with E-state index in [4.69, 9.17) is 14.6 Å². The van der Waals surface area contributed by atoms with Crippen molar-refractivity contribution >= 4 is 17.6 Å². The Kier molecular flexibility index (Phi) is 5.90. The number of nitrogens with zero attached hydrogens (tertiary/aromatic N) is 1. The number of anilines is 1. The molecule has 0 fully saturated rings. The maximum absolute atomic E-state index is 12.6. The van der Waals surface area contributed by atoms with Crippen LogP contribution in [0.3, 0.4) is 0 Å². The average molecular weight is 370 g/mol. The standard InChI is InChI=1S/C20H22N2O5/c1-2-26-18-10-14(7-8-17(18)27-12-19(23)24)20(25)22-15-9-13-5-3-4-6-16(13)21-11-15/h7-11H,2-6,12H2,1H3,(H,22,25)(H,23,24). The van der Waals surface area contributed by atoms with Crippen LogP contribution in [0.25, 0.3) is 0 Å². The van der Waals surface area contributed by atoms with E-state index in [0.29, 0.717) is 23.6 Å². The second-order valence-electron chi connectivity index (χ2n) is 6.27. The van der Waals surface area contributed by atoms with Gasteiger partial charge in [0.05, 0.1) is 18.5 Å². The van der Waals surface area contributed by atoms with E-state index < -0.39 is 12.6 Å². The summed E-state index contributed by atoms with van der Waals surface area (Å²) in [5.41, 5.74) is 3.34. The smallest absolute Gasteiger partial charge is 0.341 e. The van der Waals surface area contributed by atoms with Crippen molar-refractivity contribution in [2.45, 2.75) is 32.6 Å². The minimum atomic E-state index is -1.08. The van der Waals surface area contributed by atoms with Crippen LogP contribution >= 0.6 is 0 Å². The molecule has 1 aromatic heterocycles. The molecule has 1 aliphatic rings. The number of aliphatic carboxylic acids is 1. The third kappa shape index (κ3) is 4.75. The number of carbonyl (C=O) groups is 2. The van der Waals surface area contributed by atoms with Crippen molar-refractivity contribution in [1.29, 1.82) is 0 Å². The van der Waals surface area contributed by atoms with Gasteiger partial charge in [-0.15, -0.1) is 0 Å². The van der Waals surface area contributed by atoms with E-state index >= 15 is 0 Å².